The van der Waals surface area contributed by atoms with E-state index in [4.69, 9.17) is 4.74 Å². The minimum absolute atomic E-state index is 0.0243. The highest BCUT2D eigenvalue weighted by Gasteiger charge is 2.22. The van der Waals surface area contributed by atoms with Crippen molar-refractivity contribution in [3.8, 4) is 5.75 Å². The van der Waals surface area contributed by atoms with Gasteiger partial charge in [0, 0.05) is 17.9 Å². The van der Waals surface area contributed by atoms with Crippen LogP contribution in [0.2, 0.25) is 0 Å². The molecule has 0 saturated heterocycles. The molecule has 1 rings (SSSR count). The fourth-order valence-electron chi connectivity index (χ4n) is 1.90. The van der Waals surface area contributed by atoms with Gasteiger partial charge in [-0.25, -0.2) is 0 Å². The van der Waals surface area contributed by atoms with Crippen molar-refractivity contribution in [1.82, 2.24) is 4.90 Å². The summed E-state index contributed by atoms with van der Waals surface area (Å²) in [5.74, 6) is 0.726. The van der Waals surface area contributed by atoms with Crippen LogP contribution in [0.25, 0.3) is 0 Å². The Morgan fingerprint density at radius 3 is 2.74 bits per heavy atom. The van der Waals surface area contributed by atoms with Crippen LogP contribution < -0.4 is 4.74 Å². The number of carbonyl (C=O) groups excluding carboxylic acids is 1. The molecular weight excluding hydrogens is 310 g/mol. The summed E-state index contributed by atoms with van der Waals surface area (Å²) in [5.41, 5.74) is 0.841. The van der Waals surface area contributed by atoms with E-state index >= 15 is 0 Å². The van der Waals surface area contributed by atoms with Crippen molar-refractivity contribution in [3.63, 3.8) is 0 Å². The van der Waals surface area contributed by atoms with Crippen LogP contribution in [-0.2, 0) is 4.79 Å². The summed E-state index contributed by atoms with van der Waals surface area (Å²) in [5, 5.41) is 9.60. The Morgan fingerprint density at radius 2 is 2.21 bits per heavy atom. The Bertz CT molecular complexity index is 437. The van der Waals surface area contributed by atoms with E-state index < -0.39 is 0 Å². The lowest BCUT2D eigenvalue weighted by Gasteiger charge is -2.28. The van der Waals surface area contributed by atoms with Gasteiger partial charge in [-0.2, -0.15) is 0 Å². The van der Waals surface area contributed by atoms with Crippen LogP contribution in [0.1, 0.15) is 31.4 Å². The van der Waals surface area contributed by atoms with E-state index in [0.717, 1.165) is 16.5 Å². The SMILES string of the molecule is CCCC(=O)N(C)[C@H](CO)c1cc(OC)ccc1Br. The lowest BCUT2D eigenvalue weighted by Crippen LogP contribution is -2.33. The van der Waals surface area contributed by atoms with Gasteiger partial charge in [0.2, 0.25) is 5.91 Å². The Morgan fingerprint density at radius 1 is 1.53 bits per heavy atom. The zero-order valence-electron chi connectivity index (χ0n) is 11.5. The Balaban J connectivity index is 3.05. The predicted molar refractivity (Wildman–Crippen MR) is 78.2 cm³/mol. The number of hydrogen-bond donors (Lipinski definition) is 1. The quantitative estimate of drug-likeness (QED) is 0.873. The highest BCUT2D eigenvalue weighted by Crippen LogP contribution is 2.30. The average Bonchev–Trinajstić information content (AvgIpc) is 2.41. The van der Waals surface area contributed by atoms with E-state index in [1.165, 1.54) is 0 Å². The molecule has 0 aliphatic rings. The molecule has 106 valence electrons. The fraction of sp³-hybridized carbons (Fsp3) is 0.500. The van der Waals surface area contributed by atoms with Crippen molar-refractivity contribution in [2.75, 3.05) is 20.8 Å². The van der Waals surface area contributed by atoms with E-state index in [-0.39, 0.29) is 18.6 Å². The third-order valence-corrected chi connectivity index (χ3v) is 3.78. The molecule has 0 heterocycles. The van der Waals surface area contributed by atoms with Crippen LogP contribution in [0, 0.1) is 0 Å². The number of carbonyl (C=O) groups is 1. The number of likely N-dealkylation sites (N-methyl/N-ethyl adjacent to an activating group) is 1. The van der Waals surface area contributed by atoms with Gasteiger partial charge in [0.25, 0.3) is 0 Å². The first-order chi connectivity index (χ1) is 9.04. The third-order valence-electron chi connectivity index (χ3n) is 3.06. The van der Waals surface area contributed by atoms with Gasteiger partial charge in [-0.3, -0.25) is 4.79 Å². The maximum Gasteiger partial charge on any atom is 0.222 e. The number of benzene rings is 1. The summed E-state index contributed by atoms with van der Waals surface area (Å²) < 4.78 is 6.04. The number of rotatable bonds is 6. The Kier molecular flexibility index (Phi) is 6.31. The van der Waals surface area contributed by atoms with Gasteiger partial charge in [-0.05, 0) is 30.2 Å². The molecule has 0 bridgehead atoms. The van der Waals surface area contributed by atoms with Gasteiger partial charge < -0.3 is 14.7 Å². The second-order valence-corrected chi connectivity index (χ2v) is 5.19. The van der Waals surface area contributed by atoms with E-state index in [0.29, 0.717) is 12.2 Å². The first-order valence-electron chi connectivity index (χ1n) is 6.25. The molecule has 1 aromatic rings. The normalized spacial score (nSPS) is 12.1. The fourth-order valence-corrected chi connectivity index (χ4v) is 2.41. The van der Waals surface area contributed by atoms with Gasteiger partial charge in [0.1, 0.15) is 5.75 Å². The lowest BCUT2D eigenvalue weighted by atomic mass is 10.1. The molecule has 0 unspecified atom stereocenters. The molecule has 19 heavy (non-hydrogen) atoms. The zero-order valence-corrected chi connectivity index (χ0v) is 13.1. The lowest BCUT2D eigenvalue weighted by molar-refractivity contribution is -0.133. The molecule has 1 N–H and O–H groups in total. The smallest absolute Gasteiger partial charge is 0.222 e. The average molecular weight is 330 g/mol. The molecule has 0 spiro atoms. The molecule has 1 atom stereocenters. The summed E-state index contributed by atoms with van der Waals surface area (Å²) >= 11 is 3.45. The Labute approximate surface area is 122 Å². The van der Waals surface area contributed by atoms with Crippen molar-refractivity contribution in [3.05, 3.63) is 28.2 Å². The monoisotopic (exact) mass is 329 g/mol. The van der Waals surface area contributed by atoms with Gasteiger partial charge in [-0.15, -0.1) is 0 Å². The highest BCUT2D eigenvalue weighted by molar-refractivity contribution is 9.10. The van der Waals surface area contributed by atoms with Crippen molar-refractivity contribution in [2.24, 2.45) is 0 Å². The predicted octanol–water partition coefficient (Wildman–Crippen LogP) is 2.75. The zero-order chi connectivity index (χ0) is 14.4. The molecule has 0 aromatic heterocycles. The first-order valence-corrected chi connectivity index (χ1v) is 7.04. The first kappa shape index (κ1) is 16.0. The highest BCUT2D eigenvalue weighted by atomic mass is 79.9. The van der Waals surface area contributed by atoms with E-state index in [1.54, 1.807) is 19.1 Å². The van der Waals surface area contributed by atoms with E-state index in [1.807, 2.05) is 25.1 Å². The number of methoxy groups -OCH3 is 1. The molecule has 0 aliphatic heterocycles. The number of hydrogen-bond acceptors (Lipinski definition) is 3. The number of aliphatic hydroxyl groups excluding tert-OH is 1. The summed E-state index contributed by atoms with van der Waals surface area (Å²) in [4.78, 5) is 13.5. The maximum atomic E-state index is 12.0. The standard InChI is InChI=1S/C14H20BrNO3/c1-4-5-14(18)16(2)13(9-17)11-8-10(19-3)6-7-12(11)15/h6-8,13,17H,4-5,9H2,1-3H3/t13-/m1/s1. The second-order valence-electron chi connectivity index (χ2n) is 4.34. The maximum absolute atomic E-state index is 12.0. The van der Waals surface area contributed by atoms with Crippen molar-refractivity contribution >= 4 is 21.8 Å². The molecule has 0 aliphatic carbocycles. The van der Waals surface area contributed by atoms with E-state index in [9.17, 15) is 9.90 Å². The van der Waals surface area contributed by atoms with Crippen LogP contribution in [-0.4, -0.2) is 36.7 Å². The number of halogens is 1. The summed E-state index contributed by atoms with van der Waals surface area (Å²) in [6, 6.07) is 5.15. The number of nitrogens with zero attached hydrogens (tertiary/aromatic N) is 1. The van der Waals surface area contributed by atoms with Crippen LogP contribution in [0.4, 0.5) is 0 Å². The van der Waals surface area contributed by atoms with Crippen molar-refractivity contribution in [2.45, 2.75) is 25.8 Å². The molecule has 5 heteroatoms. The topological polar surface area (TPSA) is 49.8 Å². The number of ether oxygens (including phenoxy) is 1. The Hall–Kier alpha value is -1.07. The van der Waals surface area contributed by atoms with Crippen molar-refractivity contribution < 1.29 is 14.6 Å². The van der Waals surface area contributed by atoms with Crippen LogP contribution in [0.3, 0.4) is 0 Å². The number of aliphatic hydroxyl groups is 1. The van der Waals surface area contributed by atoms with Crippen LogP contribution in [0.5, 0.6) is 5.75 Å². The second kappa shape index (κ2) is 7.50. The largest absolute Gasteiger partial charge is 0.497 e. The summed E-state index contributed by atoms with van der Waals surface area (Å²) in [6.45, 7) is 1.83. The minimum atomic E-state index is -0.372. The summed E-state index contributed by atoms with van der Waals surface area (Å²) in [7, 11) is 3.30. The molecule has 0 saturated carbocycles. The summed E-state index contributed by atoms with van der Waals surface area (Å²) in [6.07, 6.45) is 1.27. The van der Waals surface area contributed by atoms with Gasteiger partial charge >= 0.3 is 0 Å². The van der Waals surface area contributed by atoms with Crippen LogP contribution >= 0.6 is 15.9 Å². The van der Waals surface area contributed by atoms with Crippen LogP contribution in [0.15, 0.2) is 22.7 Å². The number of amides is 1. The molecule has 0 fully saturated rings. The minimum Gasteiger partial charge on any atom is -0.497 e. The van der Waals surface area contributed by atoms with Gasteiger partial charge in [0.05, 0.1) is 19.8 Å². The third kappa shape index (κ3) is 3.94. The van der Waals surface area contributed by atoms with Gasteiger partial charge in [-0.1, -0.05) is 22.9 Å². The molecular formula is C14H20BrNO3. The molecule has 1 aromatic carbocycles. The van der Waals surface area contributed by atoms with E-state index in [2.05, 4.69) is 15.9 Å². The molecule has 4 nitrogen and oxygen atoms in total. The molecule has 1 amide bonds. The molecule has 0 radical (unpaired) electrons. The van der Waals surface area contributed by atoms with Gasteiger partial charge in [0.15, 0.2) is 0 Å². The van der Waals surface area contributed by atoms with Crippen molar-refractivity contribution in [1.29, 1.82) is 0 Å².